The van der Waals surface area contributed by atoms with Gasteiger partial charge in [0, 0.05) is 263 Å². The first-order chi connectivity index (χ1) is 62.3. The van der Waals surface area contributed by atoms with E-state index in [-0.39, 0.29) is 46.9 Å². The van der Waals surface area contributed by atoms with Crippen molar-refractivity contribution in [3.63, 3.8) is 0 Å². The molecule has 0 saturated carbocycles. The molecule has 4 aromatic carbocycles. The van der Waals surface area contributed by atoms with E-state index in [0.29, 0.717) is 107 Å². The van der Waals surface area contributed by atoms with Crippen molar-refractivity contribution in [1.29, 1.82) is 0 Å². The normalized spacial score (nSPS) is 14.1. The number of fused-ring (bicyclic) bond motifs is 7. The van der Waals surface area contributed by atoms with Crippen LogP contribution in [0.4, 0.5) is 22.7 Å². The van der Waals surface area contributed by atoms with E-state index in [2.05, 4.69) is 177 Å². The number of pyridine rings is 4. The average molecular weight is 1770 g/mol. The topological polar surface area (TPSA) is 258 Å². The van der Waals surface area contributed by atoms with Crippen LogP contribution in [0.1, 0.15) is 255 Å². The Morgan fingerprint density at radius 3 is 1.30 bits per heavy atom. The van der Waals surface area contributed by atoms with Gasteiger partial charge in [0.15, 0.2) is 47.1 Å². The first-order valence-electron chi connectivity index (χ1n) is 47.3. The molecule has 15 rings (SSSR count). The van der Waals surface area contributed by atoms with Gasteiger partial charge in [-0.1, -0.05) is 41.5 Å². The van der Waals surface area contributed by atoms with Gasteiger partial charge in [-0.3, -0.25) is 9.59 Å². The summed E-state index contributed by atoms with van der Waals surface area (Å²) in [5.41, 5.74) is 20.9. The van der Waals surface area contributed by atoms with Crippen molar-refractivity contribution in [3.05, 3.63) is 233 Å². The highest BCUT2D eigenvalue weighted by molar-refractivity contribution is 5.90. The number of aromatic nitrogens is 4. The van der Waals surface area contributed by atoms with Gasteiger partial charge in [-0.15, -0.1) is 0 Å². The Kier molecular flexibility index (Phi) is 33.1. The summed E-state index contributed by atoms with van der Waals surface area (Å²) in [6.07, 6.45) is 19.3. The Labute approximate surface area is 763 Å². The minimum Gasteiger partial charge on any atom is -0.481 e. The second-order valence-corrected chi connectivity index (χ2v) is 36.1. The van der Waals surface area contributed by atoms with E-state index in [1.165, 1.54) is 33.8 Å². The molecule has 686 valence electrons. The maximum Gasteiger partial charge on any atom is 0.344 e. The number of benzene rings is 4. The first-order valence-corrected chi connectivity index (χ1v) is 47.3. The van der Waals surface area contributed by atoms with Crippen LogP contribution in [0.3, 0.4) is 0 Å². The fourth-order valence-corrected chi connectivity index (χ4v) is 18.8. The van der Waals surface area contributed by atoms with Crippen molar-refractivity contribution < 1.29 is 65.3 Å². The minimum absolute atomic E-state index is 0.154. The van der Waals surface area contributed by atoms with Gasteiger partial charge in [-0.25, -0.2) is 37.4 Å². The fourth-order valence-electron chi connectivity index (χ4n) is 18.8. The highest BCUT2D eigenvalue weighted by Crippen LogP contribution is 2.42. The number of nitrogens with zero attached hydrogens (tertiary/aromatic N) is 8. The molecule has 2 atom stereocenters. The second kappa shape index (κ2) is 44.4. The molecule has 0 amide bonds. The molecule has 0 bridgehead atoms. The van der Waals surface area contributed by atoms with Crippen LogP contribution < -0.4 is 60.4 Å². The zero-order valence-corrected chi connectivity index (χ0v) is 79.3. The van der Waals surface area contributed by atoms with Crippen LogP contribution in [0.15, 0.2) is 183 Å². The van der Waals surface area contributed by atoms with Crippen LogP contribution in [0.5, 0.6) is 0 Å². The molecule has 0 radical (unpaired) electrons. The quantitative estimate of drug-likeness (QED) is 0.0226. The van der Waals surface area contributed by atoms with Gasteiger partial charge in [0.1, 0.15) is 60.1 Å². The molecule has 22 heteroatoms. The standard InChI is InChI=1S/C29H37N2O3.C27H32N2O4.C26H30N2O4.C26H33N2O3/c1-5-30-14-9-11-23-16-24-17-25(29(33)34-28(24)19-27(23)30)22-12-15-31(26(18-22)20(2)3)13-8-6-7-10-21(4)32;1-5-28-12-9-19(15-23(28)17(2)3)22-14-20-13-21-18(4)8-11-29(10-6-7-26(30)31)24(21)16-25(20)33-27(22)32;1-5-28-17(3)11-19(12-18(28)4)22-14-20-13-21-16(2)8-10-27(9-6-7-25(29)30)23(21)15-24(20)32-26(22)31;1-5-27(6-2)23-12-11-22-17-24(26(30)31-25(22)18-23)21-13-15-28(19(3)16-21)14-9-7-8-10-20(4)29/h12,15-20H,5-11,13-14H2,1-4H3;9,12-18H,5-8,10-11H2,1-4H3;11-16H,5-10H2,1-4H3;11-13,15-18H,5-10,14H2,1-4H3/q+1;;;+1/p+2. The van der Waals surface area contributed by atoms with Gasteiger partial charge < -0.3 is 57.1 Å². The maximum atomic E-state index is 13.0. The van der Waals surface area contributed by atoms with Crippen molar-refractivity contribution in [3.8, 4) is 44.5 Å². The summed E-state index contributed by atoms with van der Waals surface area (Å²) in [6.45, 7) is 43.7. The number of Topliss-reactive ketones (excluding diaryl/α,β-unsaturated/α-hetero) is 2. The molecule has 0 spiro atoms. The zero-order valence-electron chi connectivity index (χ0n) is 79.3. The van der Waals surface area contributed by atoms with Crippen molar-refractivity contribution in [1.82, 2.24) is 0 Å². The molecule has 0 saturated heterocycles. The molecule has 11 heterocycles. The van der Waals surface area contributed by atoms with Crippen molar-refractivity contribution in [2.24, 2.45) is 0 Å². The monoisotopic (exact) mass is 1770 g/mol. The lowest BCUT2D eigenvalue weighted by Gasteiger charge is -2.34. The highest BCUT2D eigenvalue weighted by Gasteiger charge is 2.30. The summed E-state index contributed by atoms with van der Waals surface area (Å²) in [6, 6.07) is 42.7. The second-order valence-electron chi connectivity index (χ2n) is 36.1. The Morgan fingerprint density at radius 2 is 0.854 bits per heavy atom. The lowest BCUT2D eigenvalue weighted by Crippen LogP contribution is -2.39. The van der Waals surface area contributed by atoms with Gasteiger partial charge in [0.05, 0.1) is 22.3 Å². The summed E-state index contributed by atoms with van der Waals surface area (Å²) in [4.78, 5) is 105. The Hall–Kier alpha value is -12.2. The molecule has 130 heavy (non-hydrogen) atoms. The summed E-state index contributed by atoms with van der Waals surface area (Å²) in [5.74, 6) is 0.429. The van der Waals surface area contributed by atoms with Crippen molar-refractivity contribution in [2.45, 2.75) is 263 Å². The number of carbonyl (C=O) groups is 4. The molecule has 0 aliphatic carbocycles. The predicted molar refractivity (Wildman–Crippen MR) is 518 cm³/mol. The third-order valence-corrected chi connectivity index (χ3v) is 26.1. The molecule has 3 aliphatic rings. The number of carboxylic acids is 2. The number of hydrogen-bond acceptors (Lipinski definition) is 16. The molecule has 3 aliphatic heterocycles. The summed E-state index contributed by atoms with van der Waals surface area (Å²) in [7, 11) is 0. The minimum atomic E-state index is -0.775. The van der Waals surface area contributed by atoms with Gasteiger partial charge in [-0.05, 0) is 196 Å². The van der Waals surface area contributed by atoms with Crippen LogP contribution in [-0.4, -0.2) is 86.1 Å². The van der Waals surface area contributed by atoms with E-state index in [1.54, 1.807) is 13.8 Å². The molecule has 0 fully saturated rings. The molecular weight excluding hydrogens is 1630 g/mol. The molecule has 8 aromatic heterocycles. The van der Waals surface area contributed by atoms with Crippen LogP contribution in [0, 0.1) is 20.8 Å². The number of anilines is 4. The van der Waals surface area contributed by atoms with Gasteiger partial charge >= 0.3 is 34.4 Å². The number of hydrogen-bond donors (Lipinski definition) is 2. The van der Waals surface area contributed by atoms with Gasteiger partial charge in [-0.2, -0.15) is 0 Å². The van der Waals surface area contributed by atoms with E-state index in [0.717, 1.165) is 208 Å². The fraction of sp³-hybridized carbons (Fsp3) is 0.444. The number of aryl methyl sites for hydroxylation is 7. The third kappa shape index (κ3) is 23.7. The molecule has 12 aromatic rings. The van der Waals surface area contributed by atoms with Crippen LogP contribution >= 0.6 is 0 Å². The largest absolute Gasteiger partial charge is 0.481 e. The van der Waals surface area contributed by atoms with E-state index in [1.807, 2.05) is 103 Å². The lowest BCUT2D eigenvalue weighted by atomic mass is 9.90. The number of unbranched alkanes of at least 4 members (excludes halogenated alkanes) is 4. The first kappa shape index (κ1) is 96.9. The Morgan fingerprint density at radius 1 is 0.431 bits per heavy atom. The van der Waals surface area contributed by atoms with E-state index >= 15 is 0 Å². The molecule has 22 nitrogen and oxygen atoms in total. The number of rotatable bonds is 32. The molecule has 2 N–H and O–H groups in total. The van der Waals surface area contributed by atoms with E-state index < -0.39 is 11.9 Å². The highest BCUT2D eigenvalue weighted by atomic mass is 16.4. The number of ketones is 2. The van der Waals surface area contributed by atoms with Crippen molar-refractivity contribution >= 4 is 90.1 Å². The Balaban J connectivity index is 0.000000157. The molecule has 2 unspecified atom stereocenters. The number of carboxylic acid groups (broad SMARTS) is 2. The van der Waals surface area contributed by atoms with Crippen molar-refractivity contribution in [2.75, 3.05) is 72.0 Å². The van der Waals surface area contributed by atoms with E-state index in [4.69, 9.17) is 27.9 Å². The van der Waals surface area contributed by atoms with E-state index in [9.17, 15) is 38.4 Å². The van der Waals surface area contributed by atoms with Crippen LogP contribution in [0.25, 0.3) is 88.4 Å². The SMILES string of the molecule is CCN(CC)c1ccc2cc(-c3cc[n+](CCCCCC(C)=O)c(C)c3)c(=O)oc2c1.CCN1CCCc2cc3cc(-c4cc[n+](CCCCCC(C)=O)c(C(C)C)c4)c(=O)oc3cc21.CC[n+]1c(C)cc(-c2cc3cc4c(cc3oc2=O)N(CCCC(=O)O)CCC4C)cc1C.CC[n+]1ccc(-c2cc3cc4c(cc3oc2=O)N(CCCC(=O)O)CCC4C)cc1C(C)C. The van der Waals surface area contributed by atoms with Gasteiger partial charge in [0.2, 0.25) is 0 Å². The summed E-state index contributed by atoms with van der Waals surface area (Å²) < 4.78 is 32.0. The number of aliphatic carboxylic acids is 2. The smallest absolute Gasteiger partial charge is 0.344 e. The van der Waals surface area contributed by atoms with Crippen LogP contribution in [0.2, 0.25) is 0 Å². The summed E-state index contributed by atoms with van der Waals surface area (Å²) in [5, 5.41) is 21.7. The molecular formula is C108H134N8O14+4. The zero-order chi connectivity index (χ0) is 93.3. The Bertz CT molecular complexity index is 6350. The summed E-state index contributed by atoms with van der Waals surface area (Å²) >= 11 is 0. The van der Waals surface area contributed by atoms with Gasteiger partial charge in [0.25, 0.3) is 0 Å². The maximum absolute atomic E-state index is 13.0. The number of carbonyl (C=O) groups excluding carboxylic acids is 2. The lowest BCUT2D eigenvalue weighted by molar-refractivity contribution is -0.705. The average Bonchev–Trinajstić information content (AvgIpc) is 0.770. The predicted octanol–water partition coefficient (Wildman–Crippen LogP) is 20.5. The third-order valence-electron chi connectivity index (χ3n) is 26.1. The van der Waals surface area contributed by atoms with Crippen LogP contribution in [-0.2, 0) is 51.8 Å².